The fourth-order valence-electron chi connectivity index (χ4n) is 2.19. The van der Waals surface area contributed by atoms with Gasteiger partial charge in [-0.05, 0) is 11.6 Å². The molecule has 0 aliphatic heterocycles. The molecule has 0 saturated carbocycles. The topological polar surface area (TPSA) is 98.5 Å². The van der Waals surface area contributed by atoms with Crippen LogP contribution in [0.1, 0.15) is 15.9 Å². The van der Waals surface area contributed by atoms with Crippen LogP contribution in [-0.4, -0.2) is 30.0 Å². The van der Waals surface area contributed by atoms with E-state index in [1.807, 2.05) is 30.3 Å². The third kappa shape index (κ3) is 4.39. The lowest BCUT2D eigenvalue weighted by molar-refractivity contribution is -0.384. The molecule has 124 valence electrons. The van der Waals surface area contributed by atoms with Gasteiger partial charge < -0.3 is 10.1 Å². The maximum atomic E-state index is 12.3. The molecule has 0 aliphatic rings. The summed E-state index contributed by atoms with van der Waals surface area (Å²) in [5.41, 5.74) is 0.763. The first-order chi connectivity index (χ1) is 11.5. The van der Waals surface area contributed by atoms with E-state index in [4.69, 9.17) is 4.74 Å². The summed E-state index contributed by atoms with van der Waals surface area (Å²) in [6.45, 7) is 0. The Balaban J connectivity index is 2.16. The molecule has 0 saturated heterocycles. The van der Waals surface area contributed by atoms with Crippen molar-refractivity contribution in [1.29, 1.82) is 0 Å². The van der Waals surface area contributed by atoms with Gasteiger partial charge in [0.1, 0.15) is 6.04 Å². The summed E-state index contributed by atoms with van der Waals surface area (Å²) >= 11 is 0. The molecule has 1 unspecified atom stereocenters. The lowest BCUT2D eigenvalue weighted by Crippen LogP contribution is -2.43. The number of carbonyl (C=O) groups is 2. The Morgan fingerprint density at radius 3 is 2.50 bits per heavy atom. The molecule has 1 amide bonds. The number of non-ortho nitro benzene ring substituents is 1. The zero-order valence-electron chi connectivity index (χ0n) is 13.0. The van der Waals surface area contributed by atoms with Crippen LogP contribution in [0.2, 0.25) is 0 Å². The largest absolute Gasteiger partial charge is 0.467 e. The fraction of sp³-hybridized carbons (Fsp3) is 0.176. The number of rotatable bonds is 6. The van der Waals surface area contributed by atoms with Crippen molar-refractivity contribution in [2.75, 3.05) is 7.11 Å². The number of ether oxygens (including phenoxy) is 1. The van der Waals surface area contributed by atoms with Crippen molar-refractivity contribution in [3.8, 4) is 0 Å². The van der Waals surface area contributed by atoms with Gasteiger partial charge in [0.25, 0.3) is 11.6 Å². The minimum atomic E-state index is -0.885. The average molecular weight is 328 g/mol. The Morgan fingerprint density at radius 2 is 1.88 bits per heavy atom. The first-order valence-electron chi connectivity index (χ1n) is 7.18. The number of nitrogens with zero attached hydrogens (tertiary/aromatic N) is 1. The van der Waals surface area contributed by atoms with Gasteiger partial charge in [0.05, 0.1) is 12.0 Å². The van der Waals surface area contributed by atoms with E-state index in [9.17, 15) is 19.7 Å². The molecular formula is C17H16N2O5. The van der Waals surface area contributed by atoms with Crippen molar-refractivity contribution >= 4 is 17.6 Å². The summed E-state index contributed by atoms with van der Waals surface area (Å²) in [6.07, 6.45) is 0.258. The van der Waals surface area contributed by atoms with Crippen LogP contribution >= 0.6 is 0 Å². The number of methoxy groups -OCH3 is 1. The maximum Gasteiger partial charge on any atom is 0.328 e. The molecule has 0 aromatic heterocycles. The Bertz CT molecular complexity index is 746. The standard InChI is InChI=1S/C17H16N2O5/c1-24-17(21)15(10-12-6-3-2-4-7-12)18-16(20)13-8-5-9-14(11-13)19(22)23/h2-9,11,15H,10H2,1H3,(H,18,20). The second-order valence-electron chi connectivity index (χ2n) is 5.05. The van der Waals surface area contributed by atoms with E-state index in [1.54, 1.807) is 0 Å². The van der Waals surface area contributed by atoms with Crippen LogP contribution in [0.25, 0.3) is 0 Å². The van der Waals surface area contributed by atoms with E-state index in [-0.39, 0.29) is 17.7 Å². The molecular weight excluding hydrogens is 312 g/mol. The molecule has 0 bridgehead atoms. The Morgan fingerprint density at radius 1 is 1.17 bits per heavy atom. The molecule has 1 atom stereocenters. The number of carbonyl (C=O) groups excluding carboxylic acids is 2. The Labute approximate surface area is 138 Å². The van der Waals surface area contributed by atoms with Crippen LogP contribution in [0.3, 0.4) is 0 Å². The van der Waals surface area contributed by atoms with Gasteiger partial charge in [-0.1, -0.05) is 36.4 Å². The van der Waals surface area contributed by atoms with E-state index >= 15 is 0 Å². The van der Waals surface area contributed by atoms with Crippen molar-refractivity contribution < 1.29 is 19.2 Å². The highest BCUT2D eigenvalue weighted by Crippen LogP contribution is 2.13. The summed E-state index contributed by atoms with van der Waals surface area (Å²) in [7, 11) is 1.24. The van der Waals surface area contributed by atoms with Gasteiger partial charge in [0.15, 0.2) is 0 Å². The number of benzene rings is 2. The van der Waals surface area contributed by atoms with E-state index in [0.29, 0.717) is 0 Å². The first-order valence-corrected chi connectivity index (χ1v) is 7.18. The number of amides is 1. The molecule has 0 aliphatic carbocycles. The molecule has 2 aromatic carbocycles. The number of hydrogen-bond acceptors (Lipinski definition) is 5. The van der Waals surface area contributed by atoms with Gasteiger partial charge in [-0.3, -0.25) is 14.9 Å². The Kier molecular flexibility index (Phi) is 5.62. The van der Waals surface area contributed by atoms with E-state index in [0.717, 1.165) is 11.6 Å². The molecule has 0 radical (unpaired) electrons. The molecule has 0 spiro atoms. The highest BCUT2D eigenvalue weighted by molar-refractivity contribution is 5.97. The number of esters is 1. The van der Waals surface area contributed by atoms with Crippen molar-refractivity contribution in [3.63, 3.8) is 0 Å². The number of nitrogens with one attached hydrogen (secondary N) is 1. The molecule has 2 rings (SSSR count). The summed E-state index contributed by atoms with van der Waals surface area (Å²) in [5, 5.41) is 13.4. The van der Waals surface area contributed by atoms with Crippen LogP contribution < -0.4 is 5.32 Å². The quantitative estimate of drug-likeness (QED) is 0.497. The summed E-state index contributed by atoms with van der Waals surface area (Å²) in [5.74, 6) is -1.16. The molecule has 7 heteroatoms. The SMILES string of the molecule is COC(=O)C(Cc1ccccc1)NC(=O)c1cccc([N+](=O)[O-])c1. The predicted molar refractivity (Wildman–Crippen MR) is 86.5 cm³/mol. The predicted octanol–water partition coefficient (Wildman–Crippen LogP) is 2.11. The van der Waals surface area contributed by atoms with Crippen molar-refractivity contribution in [2.24, 2.45) is 0 Å². The van der Waals surface area contributed by atoms with E-state index < -0.39 is 22.8 Å². The molecule has 0 heterocycles. The van der Waals surface area contributed by atoms with Gasteiger partial charge in [0.2, 0.25) is 0 Å². The second-order valence-corrected chi connectivity index (χ2v) is 5.05. The molecule has 2 aromatic rings. The lowest BCUT2D eigenvalue weighted by Gasteiger charge is -2.16. The zero-order valence-corrected chi connectivity index (χ0v) is 13.0. The summed E-state index contributed by atoms with van der Waals surface area (Å²) < 4.78 is 4.72. The lowest BCUT2D eigenvalue weighted by atomic mass is 10.1. The third-order valence-corrected chi connectivity index (χ3v) is 3.39. The minimum Gasteiger partial charge on any atom is -0.467 e. The molecule has 1 N–H and O–H groups in total. The van der Waals surface area contributed by atoms with Gasteiger partial charge in [-0.25, -0.2) is 4.79 Å². The fourth-order valence-corrected chi connectivity index (χ4v) is 2.19. The van der Waals surface area contributed by atoms with E-state index in [1.165, 1.54) is 25.3 Å². The van der Waals surface area contributed by atoms with Gasteiger partial charge >= 0.3 is 5.97 Å². The molecule has 24 heavy (non-hydrogen) atoms. The normalized spacial score (nSPS) is 11.4. The second kappa shape index (κ2) is 7.87. The average Bonchev–Trinajstić information content (AvgIpc) is 2.61. The minimum absolute atomic E-state index is 0.103. The van der Waals surface area contributed by atoms with Gasteiger partial charge in [-0.15, -0.1) is 0 Å². The smallest absolute Gasteiger partial charge is 0.328 e. The first kappa shape index (κ1) is 17.1. The van der Waals surface area contributed by atoms with Crippen LogP contribution in [0.15, 0.2) is 54.6 Å². The van der Waals surface area contributed by atoms with Crippen molar-refractivity contribution in [2.45, 2.75) is 12.5 Å². The molecule has 0 fully saturated rings. The zero-order chi connectivity index (χ0) is 17.5. The van der Waals surface area contributed by atoms with Crippen LogP contribution in [0.4, 0.5) is 5.69 Å². The highest BCUT2D eigenvalue weighted by atomic mass is 16.6. The monoisotopic (exact) mass is 328 g/mol. The van der Waals surface area contributed by atoms with Crippen molar-refractivity contribution in [1.82, 2.24) is 5.32 Å². The number of nitro groups is 1. The van der Waals surface area contributed by atoms with Crippen molar-refractivity contribution in [3.05, 3.63) is 75.8 Å². The number of hydrogen-bond donors (Lipinski definition) is 1. The van der Waals surface area contributed by atoms with E-state index in [2.05, 4.69) is 5.32 Å². The summed E-state index contributed by atoms with van der Waals surface area (Å²) in [6, 6.07) is 13.6. The van der Waals surface area contributed by atoms with Crippen LogP contribution in [-0.2, 0) is 16.0 Å². The van der Waals surface area contributed by atoms with Crippen LogP contribution in [0.5, 0.6) is 0 Å². The number of nitro benzene ring substituents is 1. The third-order valence-electron chi connectivity index (χ3n) is 3.39. The van der Waals surface area contributed by atoms with Gasteiger partial charge in [0, 0.05) is 24.1 Å². The highest BCUT2D eigenvalue weighted by Gasteiger charge is 2.23. The maximum absolute atomic E-state index is 12.3. The van der Waals surface area contributed by atoms with Gasteiger partial charge in [-0.2, -0.15) is 0 Å². The van der Waals surface area contributed by atoms with Crippen LogP contribution in [0, 0.1) is 10.1 Å². The Hall–Kier alpha value is -3.22. The summed E-state index contributed by atoms with van der Waals surface area (Å²) in [4.78, 5) is 34.4. The molecule has 7 nitrogen and oxygen atoms in total.